The van der Waals surface area contributed by atoms with Crippen LogP contribution in [0.3, 0.4) is 0 Å². The Hall–Kier alpha value is -1.73. The fourth-order valence-corrected chi connectivity index (χ4v) is 4.35. The number of anilines is 1. The molecule has 0 aromatic carbocycles. The Morgan fingerprint density at radius 2 is 2.00 bits per heavy atom. The number of rotatable bonds is 6. The van der Waals surface area contributed by atoms with E-state index in [0.29, 0.717) is 11.7 Å². The molecule has 1 unspecified atom stereocenters. The monoisotopic (exact) mass is 348 g/mol. The standard InChI is InChI=1S/C17H24N4O2S/c22-24(23,21-15-8-4-5-9-15)16-10-11-17(18-13-16)20-19-12-14-6-2-1-3-7-14/h1-2,10-15,21H,3-9H2,(H,18,20)/b19-12+. The Labute approximate surface area is 143 Å². The molecular formula is C17H24N4O2S. The summed E-state index contributed by atoms with van der Waals surface area (Å²) in [5.41, 5.74) is 2.86. The van der Waals surface area contributed by atoms with Crippen molar-refractivity contribution in [2.45, 2.75) is 55.9 Å². The SMILES string of the molecule is O=S(=O)(NC1CCCC1)c1ccc(N/N=C/C2CC=CCC2)nc1. The Balaban J connectivity index is 1.56. The molecule has 2 aliphatic carbocycles. The third-order valence-electron chi connectivity index (χ3n) is 4.50. The van der Waals surface area contributed by atoms with Gasteiger partial charge >= 0.3 is 0 Å². The number of hydrogen-bond donors (Lipinski definition) is 2. The quantitative estimate of drug-likeness (QED) is 0.470. The Bertz CT molecular complexity index is 692. The average Bonchev–Trinajstić information content (AvgIpc) is 3.09. The number of hydrazone groups is 1. The van der Waals surface area contributed by atoms with E-state index in [1.54, 1.807) is 12.1 Å². The van der Waals surface area contributed by atoms with Crippen molar-refractivity contribution in [2.24, 2.45) is 11.0 Å². The average molecular weight is 348 g/mol. The van der Waals surface area contributed by atoms with Gasteiger partial charge in [-0.05, 0) is 50.2 Å². The Kier molecular flexibility index (Phi) is 5.63. The third-order valence-corrected chi connectivity index (χ3v) is 6.00. The second-order valence-corrected chi connectivity index (χ2v) is 8.13. The molecule has 6 nitrogen and oxygen atoms in total. The van der Waals surface area contributed by atoms with Crippen LogP contribution < -0.4 is 10.1 Å². The summed E-state index contributed by atoms with van der Waals surface area (Å²) in [7, 11) is -3.48. The zero-order chi connectivity index (χ0) is 16.8. The molecule has 7 heteroatoms. The normalized spacial score (nSPS) is 22.2. The highest BCUT2D eigenvalue weighted by atomic mass is 32.2. The fraction of sp³-hybridized carbons (Fsp3) is 0.529. The molecular weight excluding hydrogens is 324 g/mol. The van der Waals surface area contributed by atoms with Gasteiger partial charge in [-0.15, -0.1) is 0 Å². The zero-order valence-corrected chi connectivity index (χ0v) is 14.5. The molecule has 1 atom stereocenters. The lowest BCUT2D eigenvalue weighted by Gasteiger charge is -2.13. The van der Waals surface area contributed by atoms with Crippen LogP contribution in [0.15, 0.2) is 40.5 Å². The first-order valence-corrected chi connectivity index (χ1v) is 10.0. The van der Waals surface area contributed by atoms with Crippen molar-refractivity contribution in [3.8, 4) is 0 Å². The molecule has 1 saturated carbocycles. The van der Waals surface area contributed by atoms with Crippen molar-refractivity contribution in [3.05, 3.63) is 30.5 Å². The molecule has 24 heavy (non-hydrogen) atoms. The van der Waals surface area contributed by atoms with Gasteiger partial charge in [0.05, 0.1) is 0 Å². The van der Waals surface area contributed by atoms with Gasteiger partial charge in [0.25, 0.3) is 0 Å². The summed E-state index contributed by atoms with van der Waals surface area (Å²) >= 11 is 0. The first kappa shape index (κ1) is 17.1. The van der Waals surface area contributed by atoms with Crippen LogP contribution in [0.5, 0.6) is 0 Å². The van der Waals surface area contributed by atoms with Gasteiger partial charge in [0.1, 0.15) is 10.7 Å². The number of nitrogens with one attached hydrogen (secondary N) is 2. The summed E-state index contributed by atoms with van der Waals surface area (Å²) in [5, 5.41) is 4.20. The number of allylic oxidation sites excluding steroid dienone is 2. The first-order chi connectivity index (χ1) is 11.6. The lowest BCUT2D eigenvalue weighted by molar-refractivity contribution is 0.552. The highest BCUT2D eigenvalue weighted by Crippen LogP contribution is 2.20. The van der Waals surface area contributed by atoms with Crippen molar-refractivity contribution >= 4 is 22.1 Å². The van der Waals surface area contributed by atoms with E-state index in [-0.39, 0.29) is 10.9 Å². The maximum atomic E-state index is 12.3. The molecule has 1 fully saturated rings. The maximum absolute atomic E-state index is 12.3. The lowest BCUT2D eigenvalue weighted by atomic mass is 9.96. The topological polar surface area (TPSA) is 83.5 Å². The van der Waals surface area contributed by atoms with E-state index in [4.69, 9.17) is 0 Å². The van der Waals surface area contributed by atoms with Gasteiger partial charge in [0, 0.05) is 18.5 Å². The van der Waals surface area contributed by atoms with E-state index >= 15 is 0 Å². The van der Waals surface area contributed by atoms with Crippen LogP contribution in [0.25, 0.3) is 0 Å². The van der Waals surface area contributed by atoms with Gasteiger partial charge in [-0.2, -0.15) is 5.10 Å². The Morgan fingerprint density at radius 1 is 1.17 bits per heavy atom. The van der Waals surface area contributed by atoms with Crippen molar-refractivity contribution in [1.82, 2.24) is 9.71 Å². The largest absolute Gasteiger partial charge is 0.262 e. The van der Waals surface area contributed by atoms with Crippen LogP contribution in [0.2, 0.25) is 0 Å². The van der Waals surface area contributed by atoms with E-state index in [0.717, 1.165) is 44.9 Å². The molecule has 0 radical (unpaired) electrons. The van der Waals surface area contributed by atoms with E-state index < -0.39 is 10.0 Å². The molecule has 3 rings (SSSR count). The van der Waals surface area contributed by atoms with Gasteiger partial charge in [-0.1, -0.05) is 25.0 Å². The maximum Gasteiger partial charge on any atom is 0.242 e. The second kappa shape index (κ2) is 7.90. The molecule has 130 valence electrons. The summed E-state index contributed by atoms with van der Waals surface area (Å²) in [6.07, 6.45) is 14.9. The fourth-order valence-electron chi connectivity index (χ4n) is 3.10. The van der Waals surface area contributed by atoms with Crippen LogP contribution in [-0.4, -0.2) is 25.7 Å². The molecule has 0 saturated heterocycles. The van der Waals surface area contributed by atoms with Crippen LogP contribution in [0.4, 0.5) is 5.82 Å². The predicted octanol–water partition coefficient (Wildman–Crippen LogP) is 3.06. The predicted molar refractivity (Wildman–Crippen MR) is 95.4 cm³/mol. The van der Waals surface area contributed by atoms with Crippen LogP contribution in [0, 0.1) is 5.92 Å². The van der Waals surface area contributed by atoms with E-state index in [1.165, 1.54) is 6.20 Å². The Morgan fingerprint density at radius 3 is 2.67 bits per heavy atom. The molecule has 0 amide bonds. The number of nitrogens with zero attached hydrogens (tertiary/aromatic N) is 2. The highest BCUT2D eigenvalue weighted by molar-refractivity contribution is 7.89. The molecule has 0 aliphatic heterocycles. The zero-order valence-electron chi connectivity index (χ0n) is 13.7. The van der Waals surface area contributed by atoms with E-state index in [9.17, 15) is 8.42 Å². The summed E-state index contributed by atoms with van der Waals surface area (Å²) in [4.78, 5) is 4.34. The van der Waals surface area contributed by atoms with Crippen molar-refractivity contribution in [2.75, 3.05) is 5.43 Å². The van der Waals surface area contributed by atoms with Crippen LogP contribution in [-0.2, 0) is 10.0 Å². The first-order valence-electron chi connectivity index (χ1n) is 8.56. The van der Waals surface area contributed by atoms with Gasteiger partial charge < -0.3 is 0 Å². The molecule has 1 aromatic heterocycles. The molecule has 2 N–H and O–H groups in total. The minimum absolute atomic E-state index is 0.0574. The molecule has 2 aliphatic rings. The smallest absolute Gasteiger partial charge is 0.242 e. The van der Waals surface area contributed by atoms with Gasteiger partial charge in [-0.25, -0.2) is 18.1 Å². The lowest BCUT2D eigenvalue weighted by Crippen LogP contribution is -2.32. The highest BCUT2D eigenvalue weighted by Gasteiger charge is 2.23. The summed E-state index contributed by atoms with van der Waals surface area (Å²) in [5.74, 6) is 0.996. The number of hydrogen-bond acceptors (Lipinski definition) is 5. The van der Waals surface area contributed by atoms with Gasteiger partial charge in [0.15, 0.2) is 0 Å². The number of sulfonamides is 1. The summed E-state index contributed by atoms with van der Waals surface area (Å²) in [6.45, 7) is 0. The second-order valence-electron chi connectivity index (χ2n) is 6.42. The summed E-state index contributed by atoms with van der Waals surface area (Å²) in [6, 6.07) is 3.26. The van der Waals surface area contributed by atoms with Gasteiger partial charge in [0.2, 0.25) is 10.0 Å². The van der Waals surface area contributed by atoms with Crippen LogP contribution >= 0.6 is 0 Å². The molecule has 0 bridgehead atoms. The third kappa shape index (κ3) is 4.64. The van der Waals surface area contributed by atoms with Crippen molar-refractivity contribution in [1.29, 1.82) is 0 Å². The van der Waals surface area contributed by atoms with E-state index in [1.807, 2.05) is 6.21 Å². The molecule has 1 aromatic rings. The summed E-state index contributed by atoms with van der Waals surface area (Å²) < 4.78 is 27.4. The minimum atomic E-state index is -3.48. The molecule has 1 heterocycles. The number of pyridine rings is 1. The van der Waals surface area contributed by atoms with Crippen molar-refractivity contribution < 1.29 is 8.42 Å². The van der Waals surface area contributed by atoms with Crippen molar-refractivity contribution in [3.63, 3.8) is 0 Å². The van der Waals surface area contributed by atoms with Gasteiger partial charge in [-0.3, -0.25) is 5.43 Å². The van der Waals surface area contributed by atoms with E-state index in [2.05, 4.69) is 32.4 Å². The number of aromatic nitrogens is 1. The minimum Gasteiger partial charge on any atom is -0.262 e. The molecule has 0 spiro atoms. The van der Waals surface area contributed by atoms with Crippen LogP contribution in [0.1, 0.15) is 44.9 Å².